The van der Waals surface area contributed by atoms with Crippen LogP contribution < -0.4 is 20.7 Å². The van der Waals surface area contributed by atoms with Gasteiger partial charge in [0.15, 0.2) is 0 Å². The van der Waals surface area contributed by atoms with E-state index in [1.54, 1.807) is 25.4 Å². The number of ether oxygens (including phenoxy) is 1. The van der Waals surface area contributed by atoms with Gasteiger partial charge in [-0.2, -0.15) is 4.98 Å². The Bertz CT molecular complexity index is 966. The van der Waals surface area contributed by atoms with E-state index in [2.05, 4.69) is 53.8 Å². The van der Waals surface area contributed by atoms with Crippen LogP contribution in [0, 0.1) is 0 Å². The Balaban J connectivity index is 1.44. The number of carbonyl (C=O) groups excluding carboxylic acids is 1. The minimum absolute atomic E-state index is 0.0843. The van der Waals surface area contributed by atoms with Gasteiger partial charge < -0.3 is 25.6 Å². The lowest BCUT2D eigenvalue weighted by Crippen LogP contribution is -2.46. The summed E-state index contributed by atoms with van der Waals surface area (Å²) in [5, 5.41) is 9.92. The number of hydrogen-bond donors (Lipinski definition) is 3. The Hall–Kier alpha value is -2.39. The third-order valence-corrected chi connectivity index (χ3v) is 6.94. The number of aromatic nitrogens is 2. The lowest BCUT2D eigenvalue weighted by Gasteiger charge is -2.30. The molecule has 1 saturated heterocycles. The number of methoxy groups -OCH3 is 1. The summed E-state index contributed by atoms with van der Waals surface area (Å²) >= 11 is 3.55. The zero-order chi connectivity index (χ0) is 23.2. The summed E-state index contributed by atoms with van der Waals surface area (Å²) in [5.74, 6) is 1.74. The van der Waals surface area contributed by atoms with E-state index < -0.39 is 0 Å². The molecule has 2 aliphatic rings. The number of rotatable bonds is 7. The Labute approximate surface area is 204 Å². The number of carbonyl (C=O) groups is 1. The molecule has 1 aliphatic carbocycles. The molecule has 4 rings (SSSR count). The molecule has 8 nitrogen and oxygen atoms in total. The van der Waals surface area contributed by atoms with Crippen LogP contribution in [0.15, 0.2) is 28.9 Å². The summed E-state index contributed by atoms with van der Waals surface area (Å²) in [6.45, 7) is 1.96. The molecule has 2 fully saturated rings. The smallest absolute Gasteiger partial charge is 0.251 e. The van der Waals surface area contributed by atoms with Crippen LogP contribution in [0.1, 0.15) is 55.3 Å². The Morgan fingerprint density at radius 3 is 2.70 bits per heavy atom. The first-order chi connectivity index (χ1) is 16.0. The van der Waals surface area contributed by atoms with Crippen LogP contribution in [0.25, 0.3) is 0 Å². The first-order valence-corrected chi connectivity index (χ1v) is 12.5. The third-order valence-electron chi connectivity index (χ3n) is 6.36. The number of piperidine rings is 1. The fraction of sp³-hybridized carbons (Fsp3) is 0.542. The second-order valence-electron chi connectivity index (χ2n) is 8.98. The van der Waals surface area contributed by atoms with Gasteiger partial charge in [0.2, 0.25) is 5.95 Å². The zero-order valence-electron chi connectivity index (χ0n) is 19.4. The molecule has 0 bridgehead atoms. The van der Waals surface area contributed by atoms with Crippen LogP contribution >= 0.6 is 15.9 Å². The summed E-state index contributed by atoms with van der Waals surface area (Å²) in [5.41, 5.74) is 1.28. The van der Waals surface area contributed by atoms with E-state index in [1.165, 1.54) is 19.3 Å². The number of likely N-dealkylation sites (tertiary alicyclic amines) is 1. The van der Waals surface area contributed by atoms with Crippen molar-refractivity contribution in [2.45, 2.75) is 57.0 Å². The highest BCUT2D eigenvalue weighted by atomic mass is 79.9. The second-order valence-corrected chi connectivity index (χ2v) is 9.84. The monoisotopic (exact) mass is 516 g/mol. The summed E-state index contributed by atoms with van der Waals surface area (Å²) in [6, 6.07) is 6.00. The summed E-state index contributed by atoms with van der Waals surface area (Å²) in [7, 11) is 3.68. The quantitative estimate of drug-likeness (QED) is 0.496. The van der Waals surface area contributed by atoms with Crippen LogP contribution in [0.5, 0.6) is 5.75 Å². The van der Waals surface area contributed by atoms with E-state index in [0.29, 0.717) is 29.0 Å². The van der Waals surface area contributed by atoms with Gasteiger partial charge in [-0.1, -0.05) is 19.3 Å². The van der Waals surface area contributed by atoms with Gasteiger partial charge in [-0.3, -0.25) is 4.79 Å². The summed E-state index contributed by atoms with van der Waals surface area (Å²) in [4.78, 5) is 24.1. The molecule has 2 aromatic rings. The standard InChI is InChI=1S/C24H33BrN6O2/c1-31-12-6-9-18(15-31)28-23(32)16-10-11-20(21(13-16)33-2)29-24-26-14-19(25)22(30-24)27-17-7-4-3-5-8-17/h10-11,13-14,17-18H,3-9,12,15H2,1-2H3,(H,28,32)(H2,26,27,29,30). The zero-order valence-corrected chi connectivity index (χ0v) is 21.0. The van der Waals surface area contributed by atoms with Crippen LogP contribution in [0.2, 0.25) is 0 Å². The van der Waals surface area contributed by atoms with E-state index in [4.69, 9.17) is 4.74 Å². The van der Waals surface area contributed by atoms with Crippen LogP contribution in [-0.2, 0) is 0 Å². The lowest BCUT2D eigenvalue weighted by molar-refractivity contribution is 0.0912. The highest BCUT2D eigenvalue weighted by molar-refractivity contribution is 9.10. The van der Waals surface area contributed by atoms with Gasteiger partial charge in [0.05, 0.1) is 17.3 Å². The van der Waals surface area contributed by atoms with Crippen LogP contribution in [0.3, 0.4) is 0 Å². The maximum atomic E-state index is 12.8. The Morgan fingerprint density at radius 2 is 1.94 bits per heavy atom. The normalized spacial score (nSPS) is 19.7. The second kappa shape index (κ2) is 11.2. The molecule has 3 N–H and O–H groups in total. The van der Waals surface area contributed by atoms with Crippen molar-refractivity contribution < 1.29 is 9.53 Å². The van der Waals surface area contributed by atoms with Crippen LogP contribution in [-0.4, -0.2) is 60.1 Å². The largest absolute Gasteiger partial charge is 0.495 e. The predicted octanol–water partition coefficient (Wildman–Crippen LogP) is 4.56. The Morgan fingerprint density at radius 1 is 1.15 bits per heavy atom. The highest BCUT2D eigenvalue weighted by Gasteiger charge is 2.21. The number of amides is 1. The molecule has 0 spiro atoms. The average molecular weight is 517 g/mol. The fourth-order valence-corrected chi connectivity index (χ4v) is 4.88. The molecule has 1 aromatic heterocycles. The first-order valence-electron chi connectivity index (χ1n) is 11.8. The van der Waals surface area contributed by atoms with Crippen molar-refractivity contribution in [2.24, 2.45) is 0 Å². The molecule has 33 heavy (non-hydrogen) atoms. The van der Waals surface area contributed by atoms with Gasteiger partial charge in [-0.25, -0.2) is 4.98 Å². The topological polar surface area (TPSA) is 91.4 Å². The first kappa shape index (κ1) is 23.8. The molecule has 9 heteroatoms. The summed E-state index contributed by atoms with van der Waals surface area (Å²) < 4.78 is 6.40. The van der Waals surface area contributed by atoms with E-state index >= 15 is 0 Å². The van der Waals surface area contributed by atoms with Gasteiger partial charge in [-0.15, -0.1) is 0 Å². The van der Waals surface area contributed by atoms with E-state index in [0.717, 1.165) is 49.1 Å². The molecule has 1 aliphatic heterocycles. The molecule has 2 heterocycles. The highest BCUT2D eigenvalue weighted by Crippen LogP contribution is 2.30. The van der Waals surface area contributed by atoms with Crippen molar-refractivity contribution in [3.8, 4) is 5.75 Å². The molecular formula is C24H33BrN6O2. The van der Waals surface area contributed by atoms with E-state index in [9.17, 15) is 4.79 Å². The van der Waals surface area contributed by atoms with Crippen molar-refractivity contribution in [1.29, 1.82) is 0 Å². The number of benzene rings is 1. The molecule has 1 saturated carbocycles. The maximum absolute atomic E-state index is 12.8. The number of likely N-dealkylation sites (N-methyl/N-ethyl adjacent to an activating group) is 1. The minimum atomic E-state index is -0.0843. The average Bonchev–Trinajstić information content (AvgIpc) is 2.82. The minimum Gasteiger partial charge on any atom is -0.495 e. The molecule has 178 valence electrons. The SMILES string of the molecule is COc1cc(C(=O)NC2CCCN(C)C2)ccc1Nc1ncc(Br)c(NC2CCCCC2)n1. The summed E-state index contributed by atoms with van der Waals surface area (Å²) in [6.07, 6.45) is 9.97. The van der Waals surface area contributed by atoms with Crippen molar-refractivity contribution in [3.63, 3.8) is 0 Å². The van der Waals surface area contributed by atoms with Gasteiger partial charge >= 0.3 is 0 Å². The molecule has 0 radical (unpaired) electrons. The van der Waals surface area contributed by atoms with Crippen LogP contribution in [0.4, 0.5) is 17.5 Å². The van der Waals surface area contributed by atoms with Crippen molar-refractivity contribution in [1.82, 2.24) is 20.2 Å². The number of anilines is 3. The third kappa shape index (κ3) is 6.35. The predicted molar refractivity (Wildman–Crippen MR) is 134 cm³/mol. The molecule has 1 amide bonds. The van der Waals surface area contributed by atoms with E-state index in [-0.39, 0.29) is 11.9 Å². The number of nitrogens with one attached hydrogen (secondary N) is 3. The Kier molecular flexibility index (Phi) is 8.03. The number of halogens is 1. The number of nitrogens with zero attached hydrogens (tertiary/aromatic N) is 3. The van der Waals surface area contributed by atoms with Gasteiger partial charge in [-0.05, 0) is 73.4 Å². The van der Waals surface area contributed by atoms with E-state index in [1.807, 2.05) is 6.07 Å². The molecular weight excluding hydrogens is 484 g/mol. The number of hydrogen-bond acceptors (Lipinski definition) is 7. The lowest BCUT2D eigenvalue weighted by atomic mass is 9.95. The van der Waals surface area contributed by atoms with Gasteiger partial charge in [0, 0.05) is 30.4 Å². The van der Waals surface area contributed by atoms with Gasteiger partial charge in [0.1, 0.15) is 11.6 Å². The van der Waals surface area contributed by atoms with Crippen molar-refractivity contribution in [3.05, 3.63) is 34.4 Å². The fourth-order valence-electron chi connectivity index (χ4n) is 4.58. The van der Waals surface area contributed by atoms with Crippen molar-refractivity contribution >= 4 is 39.3 Å². The maximum Gasteiger partial charge on any atom is 0.251 e. The molecule has 1 unspecified atom stereocenters. The molecule has 1 atom stereocenters. The van der Waals surface area contributed by atoms with Gasteiger partial charge in [0.25, 0.3) is 5.91 Å². The molecule has 1 aromatic carbocycles. The van der Waals surface area contributed by atoms with Crippen molar-refractivity contribution in [2.75, 3.05) is 37.9 Å².